The summed E-state index contributed by atoms with van der Waals surface area (Å²) in [6, 6.07) is 3.31. The average Bonchev–Trinajstić information content (AvgIpc) is 3.00. The highest BCUT2D eigenvalue weighted by Crippen LogP contribution is 2.23. The highest BCUT2D eigenvalue weighted by atomic mass is 16.5. The minimum atomic E-state index is -1.02. The van der Waals surface area contributed by atoms with E-state index in [9.17, 15) is 9.90 Å². The fourth-order valence-corrected chi connectivity index (χ4v) is 2.69. The van der Waals surface area contributed by atoms with E-state index in [1.807, 2.05) is 4.90 Å². The quantitative estimate of drug-likeness (QED) is 0.847. The van der Waals surface area contributed by atoms with E-state index in [4.69, 9.17) is 4.52 Å². The number of piperidine rings is 1. The maximum atomic E-state index is 12.0. The summed E-state index contributed by atoms with van der Waals surface area (Å²) in [7, 11) is 0. The molecule has 1 amide bonds. The number of β-amino-alcohol motifs (C(OH)–C–C–N with tert-alkyl or cyclic N) is 1. The summed E-state index contributed by atoms with van der Waals surface area (Å²) in [5.41, 5.74) is -0.809. The fraction of sp³-hybridized carbons (Fsp3) is 0.467. The zero-order chi connectivity index (χ0) is 16.3. The van der Waals surface area contributed by atoms with Crippen LogP contribution >= 0.6 is 0 Å². The molecule has 23 heavy (non-hydrogen) atoms. The number of aliphatic hydroxyl groups is 1. The molecular formula is C15H19N5O3. The molecule has 0 spiro atoms. The predicted molar refractivity (Wildman–Crippen MR) is 82.0 cm³/mol. The van der Waals surface area contributed by atoms with Gasteiger partial charge in [0, 0.05) is 31.5 Å². The van der Waals surface area contributed by atoms with Gasteiger partial charge in [-0.15, -0.1) is 0 Å². The fourth-order valence-electron chi connectivity index (χ4n) is 2.69. The minimum Gasteiger partial charge on any atom is -0.386 e. The number of aryl methyl sites for hydroxylation is 1. The summed E-state index contributed by atoms with van der Waals surface area (Å²) in [4.78, 5) is 22.4. The molecule has 1 unspecified atom stereocenters. The van der Waals surface area contributed by atoms with Gasteiger partial charge in [0.15, 0.2) is 5.69 Å². The lowest BCUT2D eigenvalue weighted by Gasteiger charge is -2.39. The van der Waals surface area contributed by atoms with Gasteiger partial charge in [0.25, 0.3) is 5.91 Å². The molecule has 8 nitrogen and oxygen atoms in total. The van der Waals surface area contributed by atoms with E-state index < -0.39 is 5.60 Å². The normalized spacial score (nSPS) is 21.2. The van der Waals surface area contributed by atoms with E-state index >= 15 is 0 Å². The zero-order valence-corrected chi connectivity index (χ0v) is 12.9. The Bertz CT molecular complexity index is 675. The molecule has 1 aliphatic heterocycles. The lowest BCUT2D eigenvalue weighted by Crippen LogP contribution is -2.54. The van der Waals surface area contributed by atoms with Crippen molar-refractivity contribution >= 4 is 11.9 Å². The van der Waals surface area contributed by atoms with Gasteiger partial charge in [-0.25, -0.2) is 9.97 Å². The second kappa shape index (κ2) is 6.33. The highest BCUT2D eigenvalue weighted by molar-refractivity contribution is 5.92. The van der Waals surface area contributed by atoms with E-state index in [-0.39, 0.29) is 18.1 Å². The van der Waals surface area contributed by atoms with Gasteiger partial charge < -0.3 is 19.8 Å². The summed E-state index contributed by atoms with van der Waals surface area (Å²) < 4.78 is 4.88. The van der Waals surface area contributed by atoms with Crippen molar-refractivity contribution in [3.63, 3.8) is 0 Å². The van der Waals surface area contributed by atoms with Gasteiger partial charge in [0.05, 0.1) is 12.1 Å². The van der Waals surface area contributed by atoms with Crippen LogP contribution < -0.4 is 10.2 Å². The number of nitrogens with zero attached hydrogens (tertiary/aromatic N) is 4. The summed E-state index contributed by atoms with van der Waals surface area (Å²) in [6.07, 6.45) is 4.75. The molecule has 3 heterocycles. The largest absolute Gasteiger partial charge is 0.386 e. The number of carbonyl (C=O) groups excluding carboxylic acids is 1. The first-order chi connectivity index (χ1) is 11.1. The molecular weight excluding hydrogens is 298 g/mol. The minimum absolute atomic E-state index is 0.140. The van der Waals surface area contributed by atoms with Gasteiger partial charge in [0.2, 0.25) is 5.95 Å². The predicted octanol–water partition coefficient (Wildman–Crippen LogP) is 0.534. The Morgan fingerprint density at radius 2 is 2.26 bits per heavy atom. The Balaban J connectivity index is 1.61. The standard InChI is InChI=1S/C15H19N5O3/c1-11-8-12(19-23-11)13(21)18-9-15(22)4-2-7-20(10-15)14-16-5-3-6-17-14/h3,5-6,8,22H,2,4,7,9-10H2,1H3,(H,18,21). The summed E-state index contributed by atoms with van der Waals surface area (Å²) in [6.45, 7) is 3.01. The van der Waals surface area contributed by atoms with Gasteiger partial charge in [-0.05, 0) is 25.8 Å². The number of aromatic nitrogens is 3. The van der Waals surface area contributed by atoms with Crippen molar-refractivity contribution in [1.82, 2.24) is 20.4 Å². The third-order valence-corrected chi connectivity index (χ3v) is 3.83. The van der Waals surface area contributed by atoms with Gasteiger partial charge >= 0.3 is 0 Å². The van der Waals surface area contributed by atoms with Gasteiger partial charge in [0.1, 0.15) is 5.76 Å². The first-order valence-electron chi connectivity index (χ1n) is 7.52. The monoisotopic (exact) mass is 317 g/mol. The van der Waals surface area contributed by atoms with Crippen molar-refractivity contribution in [2.24, 2.45) is 0 Å². The Morgan fingerprint density at radius 3 is 2.96 bits per heavy atom. The molecule has 8 heteroatoms. The van der Waals surface area contributed by atoms with Crippen molar-refractivity contribution in [3.8, 4) is 0 Å². The van der Waals surface area contributed by atoms with Gasteiger partial charge in [-0.2, -0.15) is 0 Å². The first-order valence-corrected chi connectivity index (χ1v) is 7.52. The number of hydrogen-bond donors (Lipinski definition) is 2. The third kappa shape index (κ3) is 3.65. The van der Waals surface area contributed by atoms with Crippen molar-refractivity contribution in [1.29, 1.82) is 0 Å². The molecule has 1 aliphatic rings. The van der Waals surface area contributed by atoms with E-state index in [0.29, 0.717) is 24.7 Å². The molecule has 1 atom stereocenters. The van der Waals surface area contributed by atoms with Crippen LogP contribution in [0, 0.1) is 6.92 Å². The molecule has 2 aromatic heterocycles. The van der Waals surface area contributed by atoms with E-state index in [0.717, 1.165) is 13.0 Å². The lowest BCUT2D eigenvalue weighted by molar-refractivity contribution is 0.0251. The summed E-state index contributed by atoms with van der Waals surface area (Å²) >= 11 is 0. The molecule has 0 aromatic carbocycles. The number of carbonyl (C=O) groups is 1. The van der Waals surface area contributed by atoms with Crippen LogP contribution in [0.1, 0.15) is 29.1 Å². The van der Waals surface area contributed by atoms with Gasteiger partial charge in [-0.3, -0.25) is 4.79 Å². The smallest absolute Gasteiger partial charge is 0.273 e. The van der Waals surface area contributed by atoms with E-state index in [1.54, 1.807) is 31.5 Å². The van der Waals surface area contributed by atoms with E-state index in [2.05, 4.69) is 20.4 Å². The number of anilines is 1. The van der Waals surface area contributed by atoms with Gasteiger partial charge in [-0.1, -0.05) is 5.16 Å². The van der Waals surface area contributed by atoms with Crippen LogP contribution in [0.5, 0.6) is 0 Å². The molecule has 2 N–H and O–H groups in total. The second-order valence-electron chi connectivity index (χ2n) is 5.80. The number of nitrogens with one attached hydrogen (secondary N) is 1. The number of amides is 1. The first kappa shape index (κ1) is 15.4. The molecule has 1 saturated heterocycles. The molecule has 0 bridgehead atoms. The topological polar surface area (TPSA) is 104 Å². The molecule has 3 rings (SSSR count). The van der Waals surface area contributed by atoms with Crippen LogP contribution in [-0.2, 0) is 0 Å². The van der Waals surface area contributed by atoms with Crippen LogP contribution in [0.25, 0.3) is 0 Å². The van der Waals surface area contributed by atoms with Crippen LogP contribution in [0.3, 0.4) is 0 Å². The van der Waals surface area contributed by atoms with Crippen molar-refractivity contribution in [2.75, 3.05) is 24.5 Å². The second-order valence-corrected chi connectivity index (χ2v) is 5.80. The Hall–Kier alpha value is -2.48. The maximum Gasteiger partial charge on any atom is 0.273 e. The lowest BCUT2D eigenvalue weighted by atomic mass is 9.93. The van der Waals surface area contributed by atoms with Crippen LogP contribution in [0.15, 0.2) is 29.0 Å². The van der Waals surface area contributed by atoms with Crippen molar-refractivity contribution < 1.29 is 14.4 Å². The van der Waals surface area contributed by atoms with Crippen LogP contribution in [0.2, 0.25) is 0 Å². The highest BCUT2D eigenvalue weighted by Gasteiger charge is 2.34. The third-order valence-electron chi connectivity index (χ3n) is 3.83. The van der Waals surface area contributed by atoms with Crippen LogP contribution in [-0.4, -0.2) is 51.4 Å². The van der Waals surface area contributed by atoms with Crippen molar-refractivity contribution in [2.45, 2.75) is 25.4 Å². The Kier molecular flexibility index (Phi) is 4.24. The number of rotatable bonds is 4. The molecule has 0 saturated carbocycles. The SMILES string of the molecule is Cc1cc(C(=O)NCC2(O)CCCN(c3ncccn3)C2)no1. The van der Waals surface area contributed by atoms with E-state index in [1.165, 1.54) is 0 Å². The van der Waals surface area contributed by atoms with Crippen molar-refractivity contribution in [3.05, 3.63) is 36.0 Å². The molecule has 0 aliphatic carbocycles. The summed E-state index contributed by atoms with van der Waals surface area (Å²) in [5.74, 6) is 0.798. The maximum absolute atomic E-state index is 12.0. The summed E-state index contributed by atoms with van der Waals surface area (Å²) in [5, 5.41) is 17.1. The number of hydrogen-bond acceptors (Lipinski definition) is 7. The average molecular weight is 317 g/mol. The van der Waals surface area contributed by atoms with Crippen LogP contribution in [0.4, 0.5) is 5.95 Å². The Morgan fingerprint density at radius 1 is 1.48 bits per heavy atom. The molecule has 0 radical (unpaired) electrons. The zero-order valence-electron chi connectivity index (χ0n) is 12.9. The Labute approximate surface area is 133 Å². The molecule has 122 valence electrons. The molecule has 1 fully saturated rings. The molecule has 2 aromatic rings.